The molecule has 0 aromatic carbocycles. The summed E-state index contributed by atoms with van der Waals surface area (Å²) in [5.41, 5.74) is 1.10. The van der Waals surface area contributed by atoms with Gasteiger partial charge in [0.25, 0.3) is 0 Å². The van der Waals surface area contributed by atoms with Gasteiger partial charge < -0.3 is 13.7 Å². The van der Waals surface area contributed by atoms with Crippen LogP contribution in [0, 0.1) is 6.92 Å². The zero-order valence-electron chi connectivity index (χ0n) is 9.27. The van der Waals surface area contributed by atoms with Crippen LogP contribution in [0.2, 0.25) is 0 Å². The SMILES string of the molecule is Cc1occc1CN(C)c1ccc(C=O)o1. The monoisotopic (exact) mass is 219 g/mol. The first-order valence-electron chi connectivity index (χ1n) is 5.00. The summed E-state index contributed by atoms with van der Waals surface area (Å²) in [6.07, 6.45) is 2.36. The number of aryl methyl sites for hydroxylation is 1. The van der Waals surface area contributed by atoms with Crippen LogP contribution in [0.15, 0.2) is 33.3 Å². The maximum absolute atomic E-state index is 10.5. The van der Waals surface area contributed by atoms with E-state index in [4.69, 9.17) is 8.83 Å². The minimum absolute atomic E-state index is 0.339. The molecule has 0 aliphatic rings. The molecule has 2 heterocycles. The van der Waals surface area contributed by atoms with Gasteiger partial charge in [0, 0.05) is 25.2 Å². The maximum Gasteiger partial charge on any atom is 0.196 e. The lowest BCUT2D eigenvalue weighted by molar-refractivity contribution is 0.110. The summed E-state index contributed by atoms with van der Waals surface area (Å²) in [6, 6.07) is 5.36. The Hall–Kier alpha value is -1.97. The second-order valence-corrected chi connectivity index (χ2v) is 3.65. The Morgan fingerprint density at radius 1 is 1.38 bits per heavy atom. The van der Waals surface area contributed by atoms with Crippen LogP contribution in [-0.2, 0) is 6.54 Å². The molecule has 0 N–H and O–H groups in total. The molecule has 0 saturated carbocycles. The van der Waals surface area contributed by atoms with Crippen LogP contribution in [-0.4, -0.2) is 13.3 Å². The highest BCUT2D eigenvalue weighted by atomic mass is 16.4. The molecule has 2 rings (SSSR count). The molecule has 0 radical (unpaired) electrons. The zero-order chi connectivity index (χ0) is 11.5. The lowest BCUT2D eigenvalue weighted by Crippen LogP contribution is -2.15. The maximum atomic E-state index is 10.5. The van der Waals surface area contributed by atoms with Crippen LogP contribution in [0.25, 0.3) is 0 Å². The van der Waals surface area contributed by atoms with Gasteiger partial charge in [0.05, 0.1) is 6.26 Å². The van der Waals surface area contributed by atoms with E-state index in [2.05, 4.69) is 0 Å². The van der Waals surface area contributed by atoms with Crippen LogP contribution in [0.1, 0.15) is 21.9 Å². The average Bonchev–Trinajstić information content (AvgIpc) is 2.88. The van der Waals surface area contributed by atoms with Crippen molar-refractivity contribution in [3.63, 3.8) is 0 Å². The van der Waals surface area contributed by atoms with Crippen molar-refractivity contribution >= 4 is 12.2 Å². The molecule has 0 bridgehead atoms. The van der Waals surface area contributed by atoms with Gasteiger partial charge in [-0.15, -0.1) is 0 Å². The van der Waals surface area contributed by atoms with Crippen LogP contribution >= 0.6 is 0 Å². The number of carbonyl (C=O) groups is 1. The minimum atomic E-state index is 0.339. The van der Waals surface area contributed by atoms with Gasteiger partial charge in [-0.3, -0.25) is 4.79 Å². The van der Waals surface area contributed by atoms with E-state index < -0.39 is 0 Å². The molecule has 0 fully saturated rings. The third-order valence-electron chi connectivity index (χ3n) is 2.48. The number of furan rings is 2. The first-order chi connectivity index (χ1) is 7.70. The van der Waals surface area contributed by atoms with Gasteiger partial charge >= 0.3 is 0 Å². The average molecular weight is 219 g/mol. The highest BCUT2D eigenvalue weighted by Gasteiger charge is 2.09. The number of hydrogen-bond acceptors (Lipinski definition) is 4. The van der Waals surface area contributed by atoms with Crippen molar-refractivity contribution in [3.8, 4) is 0 Å². The quantitative estimate of drug-likeness (QED) is 0.741. The summed E-state index contributed by atoms with van der Waals surface area (Å²) in [7, 11) is 1.90. The molecule has 0 atom stereocenters. The summed E-state index contributed by atoms with van der Waals surface area (Å²) in [5.74, 6) is 1.91. The molecule has 4 nitrogen and oxygen atoms in total. The molecule has 0 unspecified atom stereocenters. The van der Waals surface area contributed by atoms with Crippen molar-refractivity contribution in [2.45, 2.75) is 13.5 Å². The predicted octanol–water partition coefficient (Wildman–Crippen LogP) is 2.63. The van der Waals surface area contributed by atoms with Gasteiger partial charge in [0.15, 0.2) is 17.9 Å². The number of anilines is 1. The van der Waals surface area contributed by atoms with E-state index in [1.54, 1.807) is 18.4 Å². The van der Waals surface area contributed by atoms with E-state index in [0.29, 0.717) is 24.5 Å². The lowest BCUT2D eigenvalue weighted by Gasteiger charge is -2.14. The molecular formula is C12H13NO3. The predicted molar refractivity (Wildman–Crippen MR) is 59.6 cm³/mol. The van der Waals surface area contributed by atoms with E-state index in [1.807, 2.05) is 24.9 Å². The smallest absolute Gasteiger partial charge is 0.196 e. The van der Waals surface area contributed by atoms with Gasteiger partial charge in [-0.05, 0) is 19.1 Å². The summed E-state index contributed by atoms with van der Waals surface area (Å²) in [6.45, 7) is 2.61. The molecule has 0 aliphatic heterocycles. The van der Waals surface area contributed by atoms with Gasteiger partial charge in [0.1, 0.15) is 5.76 Å². The van der Waals surface area contributed by atoms with Crippen LogP contribution in [0.5, 0.6) is 0 Å². The van der Waals surface area contributed by atoms with Crippen molar-refractivity contribution in [2.24, 2.45) is 0 Å². The van der Waals surface area contributed by atoms with Gasteiger partial charge in [-0.25, -0.2) is 0 Å². The van der Waals surface area contributed by atoms with Crippen molar-refractivity contribution in [1.82, 2.24) is 0 Å². The largest absolute Gasteiger partial charge is 0.469 e. The number of rotatable bonds is 4. The van der Waals surface area contributed by atoms with Crippen LogP contribution in [0.4, 0.5) is 5.88 Å². The van der Waals surface area contributed by atoms with E-state index in [9.17, 15) is 4.79 Å². The van der Waals surface area contributed by atoms with Gasteiger partial charge in [-0.2, -0.15) is 0 Å². The summed E-state index contributed by atoms with van der Waals surface area (Å²) >= 11 is 0. The Labute approximate surface area is 93.5 Å². The Kier molecular flexibility index (Phi) is 2.81. The van der Waals surface area contributed by atoms with E-state index in [-0.39, 0.29) is 0 Å². The molecule has 0 aliphatic carbocycles. The van der Waals surface area contributed by atoms with E-state index in [0.717, 1.165) is 11.3 Å². The third kappa shape index (κ3) is 2.00. The summed E-state index contributed by atoms with van der Waals surface area (Å²) in [5, 5.41) is 0. The zero-order valence-corrected chi connectivity index (χ0v) is 9.27. The first-order valence-corrected chi connectivity index (χ1v) is 5.00. The molecule has 4 heteroatoms. The molecule has 0 amide bonds. The standard InChI is InChI=1S/C12H13NO3/c1-9-10(5-6-15-9)7-13(2)12-4-3-11(8-14)16-12/h3-6,8H,7H2,1-2H3. The molecule has 0 spiro atoms. The molecule has 0 saturated heterocycles. The number of hydrogen-bond donors (Lipinski definition) is 0. The molecule has 16 heavy (non-hydrogen) atoms. The van der Waals surface area contributed by atoms with Gasteiger partial charge in [-0.1, -0.05) is 0 Å². The van der Waals surface area contributed by atoms with E-state index >= 15 is 0 Å². The second kappa shape index (κ2) is 4.26. The second-order valence-electron chi connectivity index (χ2n) is 3.65. The molecule has 84 valence electrons. The number of aldehydes is 1. The molecule has 2 aromatic heterocycles. The first kappa shape index (κ1) is 10.5. The normalized spacial score (nSPS) is 10.4. The van der Waals surface area contributed by atoms with Crippen molar-refractivity contribution in [1.29, 1.82) is 0 Å². The summed E-state index contributed by atoms with van der Waals surface area (Å²) < 4.78 is 10.5. The number of carbonyl (C=O) groups excluding carboxylic acids is 1. The lowest BCUT2D eigenvalue weighted by atomic mass is 10.2. The fourth-order valence-corrected chi connectivity index (χ4v) is 1.52. The van der Waals surface area contributed by atoms with Gasteiger partial charge in [0.2, 0.25) is 0 Å². The fourth-order valence-electron chi connectivity index (χ4n) is 1.52. The highest BCUT2D eigenvalue weighted by Crippen LogP contribution is 2.19. The third-order valence-corrected chi connectivity index (χ3v) is 2.48. The van der Waals surface area contributed by atoms with Crippen LogP contribution in [0.3, 0.4) is 0 Å². The number of nitrogens with zero attached hydrogens (tertiary/aromatic N) is 1. The fraction of sp³-hybridized carbons (Fsp3) is 0.250. The topological polar surface area (TPSA) is 46.6 Å². The summed E-state index contributed by atoms with van der Waals surface area (Å²) in [4.78, 5) is 12.4. The highest BCUT2D eigenvalue weighted by molar-refractivity contribution is 5.71. The molecule has 2 aromatic rings. The van der Waals surface area contributed by atoms with Crippen molar-refractivity contribution < 1.29 is 13.6 Å². The Bertz CT molecular complexity index is 484. The minimum Gasteiger partial charge on any atom is -0.469 e. The Morgan fingerprint density at radius 2 is 2.19 bits per heavy atom. The van der Waals surface area contributed by atoms with Crippen molar-refractivity contribution in [2.75, 3.05) is 11.9 Å². The van der Waals surface area contributed by atoms with Crippen LogP contribution < -0.4 is 4.90 Å². The Morgan fingerprint density at radius 3 is 2.75 bits per heavy atom. The molecular weight excluding hydrogens is 206 g/mol. The van der Waals surface area contributed by atoms with Crippen molar-refractivity contribution in [3.05, 3.63) is 41.5 Å². The van der Waals surface area contributed by atoms with E-state index in [1.165, 1.54) is 0 Å². The Balaban J connectivity index is 2.11.